The molecular formula is C6H8O3. The topological polar surface area (TPSA) is 54.4 Å². The highest BCUT2D eigenvalue weighted by molar-refractivity contribution is 6.15. The molecule has 9 heavy (non-hydrogen) atoms. The average molecular weight is 128 g/mol. The van der Waals surface area contributed by atoms with Crippen LogP contribution in [0.1, 0.15) is 13.8 Å². The lowest BCUT2D eigenvalue weighted by molar-refractivity contribution is -0.134. The molecule has 0 bridgehead atoms. The number of allylic oxidation sites excluding steroid dienone is 1. The molecule has 1 N–H and O–H groups in total. The van der Waals surface area contributed by atoms with Crippen molar-refractivity contribution in [3.63, 3.8) is 0 Å². The van der Waals surface area contributed by atoms with Crippen LogP contribution in [-0.4, -0.2) is 16.9 Å². The first-order valence-electron chi connectivity index (χ1n) is 2.50. The van der Waals surface area contributed by atoms with Gasteiger partial charge in [0.25, 0.3) is 0 Å². The Hall–Kier alpha value is -1.12. The maximum absolute atomic E-state index is 10.4. The Morgan fingerprint density at radius 1 is 1.44 bits per heavy atom. The summed E-state index contributed by atoms with van der Waals surface area (Å²) in [6.07, 6.45) is 1.28. The quantitative estimate of drug-likeness (QED) is 0.336. The van der Waals surface area contributed by atoms with E-state index in [1.807, 2.05) is 0 Å². The van der Waals surface area contributed by atoms with E-state index >= 15 is 0 Å². The van der Waals surface area contributed by atoms with Crippen LogP contribution in [0.2, 0.25) is 0 Å². The van der Waals surface area contributed by atoms with Crippen LogP contribution in [-0.2, 0) is 9.59 Å². The van der Waals surface area contributed by atoms with E-state index in [-0.39, 0.29) is 5.57 Å². The number of rotatable bonds is 2. The molecule has 0 aromatic rings. The Bertz CT molecular complexity index is 151. The van der Waals surface area contributed by atoms with Crippen molar-refractivity contribution in [1.82, 2.24) is 0 Å². The molecule has 0 aliphatic heterocycles. The standard InChI is InChI=1S/C6H8O3/c1-3-5(4(2)7)6(8)9/h3H,1-2H3,(H,8,9). The molecule has 0 heterocycles. The van der Waals surface area contributed by atoms with Crippen molar-refractivity contribution in [2.24, 2.45) is 0 Å². The number of carbonyl (C=O) groups is 2. The highest BCUT2D eigenvalue weighted by Gasteiger charge is 2.09. The van der Waals surface area contributed by atoms with Gasteiger partial charge >= 0.3 is 5.97 Å². The fraction of sp³-hybridized carbons (Fsp3) is 0.333. The lowest BCUT2D eigenvalue weighted by atomic mass is 10.2. The van der Waals surface area contributed by atoms with Crippen LogP contribution >= 0.6 is 0 Å². The van der Waals surface area contributed by atoms with Gasteiger partial charge in [0, 0.05) is 0 Å². The largest absolute Gasteiger partial charge is 0.478 e. The molecule has 0 unspecified atom stereocenters. The molecule has 0 spiro atoms. The van der Waals surface area contributed by atoms with Gasteiger partial charge in [-0.1, -0.05) is 6.08 Å². The van der Waals surface area contributed by atoms with Gasteiger partial charge in [0.2, 0.25) is 0 Å². The molecule has 0 saturated heterocycles. The van der Waals surface area contributed by atoms with Crippen LogP contribution in [0.4, 0.5) is 0 Å². The van der Waals surface area contributed by atoms with Crippen molar-refractivity contribution in [3.05, 3.63) is 11.6 Å². The molecule has 0 atom stereocenters. The summed E-state index contributed by atoms with van der Waals surface area (Å²) in [6.45, 7) is 2.74. The van der Waals surface area contributed by atoms with E-state index in [9.17, 15) is 9.59 Å². The summed E-state index contributed by atoms with van der Waals surface area (Å²) in [5.74, 6) is -1.57. The van der Waals surface area contributed by atoms with E-state index in [4.69, 9.17) is 5.11 Å². The van der Waals surface area contributed by atoms with Gasteiger partial charge in [-0.3, -0.25) is 4.79 Å². The Morgan fingerprint density at radius 3 is 1.89 bits per heavy atom. The van der Waals surface area contributed by atoms with Gasteiger partial charge in [-0.15, -0.1) is 0 Å². The van der Waals surface area contributed by atoms with Crippen LogP contribution in [0.25, 0.3) is 0 Å². The predicted molar refractivity (Wildman–Crippen MR) is 32.1 cm³/mol. The average Bonchev–Trinajstić information content (AvgIpc) is 1.64. The maximum atomic E-state index is 10.4. The fourth-order valence-electron chi connectivity index (χ4n) is 0.477. The Kier molecular flexibility index (Phi) is 2.64. The first kappa shape index (κ1) is 7.88. The zero-order chi connectivity index (χ0) is 7.44. The SMILES string of the molecule is CC=C(C(C)=O)C(=O)O. The van der Waals surface area contributed by atoms with E-state index < -0.39 is 11.8 Å². The van der Waals surface area contributed by atoms with Crippen molar-refractivity contribution < 1.29 is 14.7 Å². The summed E-state index contributed by atoms with van der Waals surface area (Å²) < 4.78 is 0. The molecule has 0 aromatic heterocycles. The van der Waals surface area contributed by atoms with E-state index in [1.165, 1.54) is 19.9 Å². The van der Waals surface area contributed by atoms with Crippen LogP contribution < -0.4 is 0 Å². The highest BCUT2D eigenvalue weighted by Crippen LogP contribution is 1.94. The molecule has 0 rings (SSSR count). The summed E-state index contributed by atoms with van der Waals surface area (Å²) in [5.41, 5.74) is -0.157. The molecule has 0 aliphatic carbocycles. The number of carboxylic acid groups (broad SMARTS) is 1. The van der Waals surface area contributed by atoms with Crippen LogP contribution in [0.3, 0.4) is 0 Å². The maximum Gasteiger partial charge on any atom is 0.338 e. The lowest BCUT2D eigenvalue weighted by Crippen LogP contribution is -2.07. The Morgan fingerprint density at radius 2 is 1.89 bits per heavy atom. The number of ketones is 1. The first-order valence-corrected chi connectivity index (χ1v) is 2.50. The van der Waals surface area contributed by atoms with Crippen molar-refractivity contribution in [2.75, 3.05) is 0 Å². The summed E-state index contributed by atoms with van der Waals surface area (Å²) in [6, 6.07) is 0. The Balaban J connectivity index is 4.38. The highest BCUT2D eigenvalue weighted by atomic mass is 16.4. The number of hydrogen-bond acceptors (Lipinski definition) is 2. The molecule has 0 amide bonds. The number of hydrogen-bond donors (Lipinski definition) is 1. The second-order valence-corrected chi connectivity index (χ2v) is 1.56. The number of carboxylic acids is 1. The molecule has 50 valence electrons. The summed E-state index contributed by atoms with van der Waals surface area (Å²) in [4.78, 5) is 20.5. The van der Waals surface area contributed by atoms with Crippen molar-refractivity contribution in [3.8, 4) is 0 Å². The van der Waals surface area contributed by atoms with Gasteiger partial charge in [-0.25, -0.2) is 4.79 Å². The first-order chi connectivity index (χ1) is 4.09. The molecule has 3 nitrogen and oxygen atoms in total. The predicted octanol–water partition coefficient (Wildman–Crippen LogP) is 0.606. The third-order valence-electron chi connectivity index (χ3n) is 0.898. The van der Waals surface area contributed by atoms with Crippen LogP contribution in [0.5, 0.6) is 0 Å². The van der Waals surface area contributed by atoms with Crippen LogP contribution in [0.15, 0.2) is 11.6 Å². The molecule has 0 aromatic carbocycles. The lowest BCUT2D eigenvalue weighted by Gasteiger charge is -1.90. The number of aliphatic carboxylic acids is 1. The normalized spacial score (nSPS) is 11.1. The van der Waals surface area contributed by atoms with E-state index in [1.54, 1.807) is 0 Å². The molecule has 0 fully saturated rings. The summed E-state index contributed by atoms with van der Waals surface area (Å²) in [5, 5.41) is 8.25. The fourth-order valence-corrected chi connectivity index (χ4v) is 0.477. The zero-order valence-corrected chi connectivity index (χ0v) is 5.34. The van der Waals surface area contributed by atoms with Crippen molar-refractivity contribution in [1.29, 1.82) is 0 Å². The minimum Gasteiger partial charge on any atom is -0.478 e. The number of carbonyl (C=O) groups excluding carboxylic acids is 1. The minimum absolute atomic E-state index is 0.157. The summed E-state index contributed by atoms with van der Waals surface area (Å²) >= 11 is 0. The van der Waals surface area contributed by atoms with Gasteiger partial charge in [0.15, 0.2) is 5.78 Å². The molecule has 3 heteroatoms. The third-order valence-corrected chi connectivity index (χ3v) is 0.898. The minimum atomic E-state index is -1.16. The monoisotopic (exact) mass is 128 g/mol. The van der Waals surface area contributed by atoms with E-state index in [0.29, 0.717) is 0 Å². The Labute approximate surface area is 53.0 Å². The van der Waals surface area contributed by atoms with E-state index in [0.717, 1.165) is 0 Å². The number of Topliss-reactive ketones (excluding diaryl/α,β-unsaturated/α-hetero) is 1. The van der Waals surface area contributed by atoms with Crippen LogP contribution in [0, 0.1) is 0 Å². The van der Waals surface area contributed by atoms with Gasteiger partial charge < -0.3 is 5.11 Å². The third kappa shape index (κ3) is 2.08. The molecule has 0 aliphatic rings. The van der Waals surface area contributed by atoms with Gasteiger partial charge in [-0.05, 0) is 13.8 Å². The van der Waals surface area contributed by atoms with Crippen molar-refractivity contribution >= 4 is 11.8 Å². The van der Waals surface area contributed by atoms with Crippen molar-refractivity contribution in [2.45, 2.75) is 13.8 Å². The van der Waals surface area contributed by atoms with Gasteiger partial charge in [0.05, 0.1) is 5.57 Å². The summed E-state index contributed by atoms with van der Waals surface area (Å²) in [7, 11) is 0. The smallest absolute Gasteiger partial charge is 0.338 e. The zero-order valence-electron chi connectivity index (χ0n) is 5.34. The van der Waals surface area contributed by atoms with E-state index in [2.05, 4.69) is 0 Å². The molecule has 0 saturated carbocycles. The second-order valence-electron chi connectivity index (χ2n) is 1.56. The second kappa shape index (κ2) is 3.02. The molecule has 0 radical (unpaired) electrons. The van der Waals surface area contributed by atoms with Gasteiger partial charge in [0.1, 0.15) is 0 Å². The molecular weight excluding hydrogens is 120 g/mol. The van der Waals surface area contributed by atoms with Gasteiger partial charge in [-0.2, -0.15) is 0 Å².